The first kappa shape index (κ1) is 9.17. The van der Waals surface area contributed by atoms with Crippen molar-refractivity contribution in [3.8, 4) is 0 Å². The van der Waals surface area contributed by atoms with Gasteiger partial charge in [-0.25, -0.2) is 9.79 Å². The van der Waals surface area contributed by atoms with Crippen LogP contribution >= 0.6 is 23.5 Å². The van der Waals surface area contributed by atoms with Gasteiger partial charge in [0.05, 0.1) is 6.54 Å². The molecular weight excluding hydrogens is 178 g/mol. The van der Waals surface area contributed by atoms with Gasteiger partial charge in [-0.1, -0.05) is 0 Å². The maximum atomic E-state index is 9.74. The van der Waals surface area contributed by atoms with Crippen LogP contribution in [0.1, 0.15) is 6.42 Å². The number of carbonyl (C=O) groups excluding carboxylic acids is 1. The maximum Gasteiger partial charge on any atom is 0.234 e. The molecule has 1 aliphatic rings. The second-order valence-corrected chi connectivity index (χ2v) is 4.89. The van der Waals surface area contributed by atoms with Gasteiger partial charge < -0.3 is 0 Å². The first-order valence-electron chi connectivity index (χ1n) is 3.66. The number of rotatable bonds is 3. The molecule has 1 rings (SSSR count). The predicted molar refractivity (Wildman–Crippen MR) is 51.2 cm³/mol. The molecule has 0 bridgehead atoms. The van der Waals surface area contributed by atoms with Crippen LogP contribution < -0.4 is 0 Å². The minimum atomic E-state index is 0.654. The summed E-state index contributed by atoms with van der Waals surface area (Å²) in [5, 5.41) is 0.714. The molecule has 0 radical (unpaired) electrons. The van der Waals surface area contributed by atoms with E-state index in [9.17, 15) is 4.79 Å². The number of thioether (sulfide) groups is 2. The normalized spacial score (nSPS) is 24.2. The lowest BCUT2D eigenvalue weighted by Gasteiger charge is -2.19. The first-order valence-corrected chi connectivity index (χ1v) is 5.87. The van der Waals surface area contributed by atoms with E-state index in [1.54, 1.807) is 6.08 Å². The molecule has 11 heavy (non-hydrogen) atoms. The molecule has 0 saturated carbocycles. The van der Waals surface area contributed by atoms with E-state index in [1.165, 1.54) is 17.3 Å². The van der Waals surface area contributed by atoms with Crippen LogP contribution in [0.5, 0.6) is 0 Å². The van der Waals surface area contributed by atoms with Crippen LogP contribution in [0.2, 0.25) is 0 Å². The summed E-state index contributed by atoms with van der Waals surface area (Å²) in [7, 11) is 0. The molecular formula is C7H11NOS2. The van der Waals surface area contributed by atoms with E-state index < -0.39 is 0 Å². The van der Waals surface area contributed by atoms with Gasteiger partial charge in [0.15, 0.2) is 0 Å². The Morgan fingerprint density at radius 1 is 1.55 bits per heavy atom. The topological polar surface area (TPSA) is 29.4 Å². The lowest BCUT2D eigenvalue weighted by atomic mass is 10.3. The van der Waals surface area contributed by atoms with E-state index in [1.807, 2.05) is 23.5 Å². The molecule has 0 aromatic carbocycles. The number of isocyanates is 1. The highest BCUT2D eigenvalue weighted by molar-refractivity contribution is 8.06. The standard InChI is InChI=1S/C7H11NOS2/c9-6-8-2-1-7-5-10-3-4-11-7/h7H,1-5H2. The average Bonchev–Trinajstić information content (AvgIpc) is 2.07. The fraction of sp³-hybridized carbons (Fsp3) is 0.857. The summed E-state index contributed by atoms with van der Waals surface area (Å²) in [5.41, 5.74) is 0. The summed E-state index contributed by atoms with van der Waals surface area (Å²) in [6.45, 7) is 0.654. The Labute approximate surface area is 75.2 Å². The Bertz CT molecular complexity index is 151. The molecule has 1 aliphatic heterocycles. The minimum absolute atomic E-state index is 0.654. The van der Waals surface area contributed by atoms with Gasteiger partial charge in [-0.05, 0) is 6.42 Å². The summed E-state index contributed by atoms with van der Waals surface area (Å²) in [4.78, 5) is 13.3. The van der Waals surface area contributed by atoms with Crippen LogP contribution in [0.25, 0.3) is 0 Å². The van der Waals surface area contributed by atoms with Crippen LogP contribution in [0, 0.1) is 0 Å². The fourth-order valence-corrected chi connectivity index (χ4v) is 3.69. The number of aliphatic imine (C=N–C) groups is 1. The highest BCUT2D eigenvalue weighted by Gasteiger charge is 2.12. The molecule has 1 unspecified atom stereocenters. The second kappa shape index (κ2) is 5.70. The largest absolute Gasteiger partial charge is 0.234 e. The molecule has 0 aromatic rings. The van der Waals surface area contributed by atoms with Crippen LogP contribution in [0.4, 0.5) is 0 Å². The van der Waals surface area contributed by atoms with Crippen molar-refractivity contribution in [2.75, 3.05) is 23.8 Å². The van der Waals surface area contributed by atoms with Crippen LogP contribution in [0.3, 0.4) is 0 Å². The Kier molecular flexibility index (Phi) is 4.75. The summed E-state index contributed by atoms with van der Waals surface area (Å²) in [6.07, 6.45) is 2.60. The van der Waals surface area contributed by atoms with Crippen molar-refractivity contribution in [1.82, 2.24) is 0 Å². The predicted octanol–water partition coefficient (Wildman–Crippen LogP) is 1.56. The van der Waals surface area contributed by atoms with Crippen molar-refractivity contribution in [2.45, 2.75) is 11.7 Å². The number of nitrogens with zero attached hydrogens (tertiary/aromatic N) is 1. The highest BCUT2D eigenvalue weighted by atomic mass is 32.2. The van der Waals surface area contributed by atoms with E-state index in [0.717, 1.165) is 6.42 Å². The van der Waals surface area contributed by atoms with Crippen molar-refractivity contribution < 1.29 is 4.79 Å². The van der Waals surface area contributed by atoms with Crippen molar-refractivity contribution >= 4 is 29.6 Å². The summed E-state index contributed by atoms with van der Waals surface area (Å²) >= 11 is 4.00. The van der Waals surface area contributed by atoms with Crippen molar-refractivity contribution in [2.24, 2.45) is 4.99 Å². The van der Waals surface area contributed by atoms with E-state index in [-0.39, 0.29) is 0 Å². The van der Waals surface area contributed by atoms with Crippen LogP contribution in [-0.2, 0) is 4.79 Å². The first-order chi connectivity index (χ1) is 5.43. The average molecular weight is 189 g/mol. The Morgan fingerprint density at radius 2 is 2.45 bits per heavy atom. The van der Waals surface area contributed by atoms with Gasteiger partial charge in [-0.15, -0.1) is 0 Å². The molecule has 4 heteroatoms. The molecule has 1 fully saturated rings. The van der Waals surface area contributed by atoms with Gasteiger partial charge in [0.2, 0.25) is 6.08 Å². The zero-order valence-electron chi connectivity index (χ0n) is 6.28. The highest BCUT2D eigenvalue weighted by Crippen LogP contribution is 2.25. The molecule has 0 amide bonds. The lowest BCUT2D eigenvalue weighted by Crippen LogP contribution is -2.14. The van der Waals surface area contributed by atoms with E-state index in [4.69, 9.17) is 0 Å². The number of hydrogen-bond acceptors (Lipinski definition) is 4. The van der Waals surface area contributed by atoms with Crippen LogP contribution in [-0.4, -0.2) is 35.1 Å². The van der Waals surface area contributed by atoms with Crippen LogP contribution in [0.15, 0.2) is 4.99 Å². The third kappa shape index (κ3) is 3.85. The molecule has 2 nitrogen and oxygen atoms in total. The van der Waals surface area contributed by atoms with Crippen molar-refractivity contribution in [1.29, 1.82) is 0 Å². The summed E-state index contributed by atoms with van der Waals surface area (Å²) < 4.78 is 0. The number of hydrogen-bond donors (Lipinski definition) is 0. The smallest absolute Gasteiger partial charge is 0.211 e. The van der Waals surface area contributed by atoms with E-state index in [2.05, 4.69) is 4.99 Å². The molecule has 0 spiro atoms. The van der Waals surface area contributed by atoms with Gasteiger partial charge in [0, 0.05) is 22.5 Å². The quantitative estimate of drug-likeness (QED) is 0.498. The third-order valence-corrected chi connectivity index (χ3v) is 4.43. The molecule has 1 heterocycles. The second-order valence-electron chi connectivity index (χ2n) is 2.33. The Hall–Kier alpha value is 0.0800. The van der Waals surface area contributed by atoms with Gasteiger partial charge in [-0.3, -0.25) is 0 Å². The van der Waals surface area contributed by atoms with Crippen molar-refractivity contribution in [3.05, 3.63) is 0 Å². The molecule has 62 valence electrons. The Morgan fingerprint density at radius 3 is 3.09 bits per heavy atom. The van der Waals surface area contributed by atoms with Gasteiger partial charge >= 0.3 is 0 Å². The van der Waals surface area contributed by atoms with E-state index >= 15 is 0 Å². The molecule has 1 saturated heterocycles. The van der Waals surface area contributed by atoms with Gasteiger partial charge in [-0.2, -0.15) is 23.5 Å². The molecule has 0 N–H and O–H groups in total. The van der Waals surface area contributed by atoms with Gasteiger partial charge in [0.1, 0.15) is 0 Å². The fourth-order valence-electron chi connectivity index (χ4n) is 0.957. The van der Waals surface area contributed by atoms with E-state index in [0.29, 0.717) is 11.8 Å². The van der Waals surface area contributed by atoms with Crippen molar-refractivity contribution in [3.63, 3.8) is 0 Å². The summed E-state index contributed by atoms with van der Waals surface area (Å²) in [6, 6.07) is 0. The van der Waals surface area contributed by atoms with Gasteiger partial charge in [0.25, 0.3) is 0 Å². The molecule has 0 aromatic heterocycles. The maximum absolute atomic E-state index is 9.74. The Balaban J connectivity index is 2.09. The minimum Gasteiger partial charge on any atom is -0.211 e. The third-order valence-electron chi connectivity index (χ3n) is 1.51. The molecule has 0 aliphatic carbocycles. The summed E-state index contributed by atoms with van der Waals surface area (Å²) in [5.74, 6) is 3.75. The SMILES string of the molecule is O=C=NCCC1CSCCS1. The monoisotopic (exact) mass is 189 g/mol. The zero-order valence-corrected chi connectivity index (χ0v) is 7.92. The lowest BCUT2D eigenvalue weighted by molar-refractivity contribution is 0.562. The zero-order chi connectivity index (χ0) is 7.94. The molecule has 1 atom stereocenters.